The molecular formula is C16H17N3O2S. The zero-order valence-corrected chi connectivity index (χ0v) is 13.5. The molecule has 3 rings (SSSR count). The van der Waals surface area contributed by atoms with E-state index in [2.05, 4.69) is 16.0 Å². The lowest BCUT2D eigenvalue weighted by Gasteiger charge is -1.98. The largest absolute Gasteiger partial charge is 0.462 e. The van der Waals surface area contributed by atoms with Crippen molar-refractivity contribution in [1.82, 2.24) is 9.97 Å². The molecule has 0 spiro atoms. The Balaban J connectivity index is 2.06. The lowest BCUT2D eigenvalue weighted by Crippen LogP contribution is -2.03. The van der Waals surface area contributed by atoms with Crippen LogP contribution in [0.2, 0.25) is 0 Å². The van der Waals surface area contributed by atoms with E-state index in [4.69, 9.17) is 10.5 Å². The zero-order valence-electron chi connectivity index (χ0n) is 12.7. The number of aromatic nitrogens is 2. The van der Waals surface area contributed by atoms with Gasteiger partial charge in [0.05, 0.1) is 29.2 Å². The van der Waals surface area contributed by atoms with Crippen molar-refractivity contribution in [3.63, 3.8) is 0 Å². The minimum Gasteiger partial charge on any atom is -0.462 e. The fourth-order valence-electron chi connectivity index (χ4n) is 2.44. The average molecular weight is 315 g/mol. The summed E-state index contributed by atoms with van der Waals surface area (Å²) in [6.45, 7) is 5.97. The molecule has 0 bridgehead atoms. The Hall–Kier alpha value is -2.34. The molecule has 5 nitrogen and oxygen atoms in total. The van der Waals surface area contributed by atoms with Crippen LogP contribution in [-0.4, -0.2) is 22.5 Å². The van der Waals surface area contributed by atoms with E-state index in [9.17, 15) is 4.79 Å². The van der Waals surface area contributed by atoms with E-state index in [0.29, 0.717) is 22.9 Å². The zero-order chi connectivity index (χ0) is 15.9. The quantitative estimate of drug-likeness (QED) is 0.571. The Labute approximate surface area is 132 Å². The van der Waals surface area contributed by atoms with Gasteiger partial charge in [-0.25, -0.2) is 9.78 Å². The lowest BCUT2D eigenvalue weighted by molar-refractivity contribution is 0.0531. The molecule has 3 N–H and O–H groups in total. The molecule has 0 amide bonds. The summed E-state index contributed by atoms with van der Waals surface area (Å²) >= 11 is 1.33. The van der Waals surface area contributed by atoms with Crippen molar-refractivity contribution in [3.05, 3.63) is 34.3 Å². The first-order valence-corrected chi connectivity index (χ1v) is 7.85. The Morgan fingerprint density at radius 2 is 2.14 bits per heavy atom. The van der Waals surface area contributed by atoms with Gasteiger partial charge < -0.3 is 15.5 Å². The third kappa shape index (κ3) is 2.46. The number of nitrogens with one attached hydrogen (secondary N) is 1. The van der Waals surface area contributed by atoms with Crippen molar-refractivity contribution >= 4 is 33.9 Å². The van der Waals surface area contributed by atoms with Crippen LogP contribution in [0.1, 0.15) is 27.9 Å². The molecule has 0 radical (unpaired) electrons. The molecule has 22 heavy (non-hydrogen) atoms. The Kier molecular flexibility index (Phi) is 3.62. The number of ether oxygens (including phenoxy) is 1. The second-order valence-electron chi connectivity index (χ2n) is 5.16. The SMILES string of the molecule is CCOC(=O)c1sc(-c2cc3cc(C)cc(N)c3[nH]2)nc1C. The number of esters is 1. The minimum atomic E-state index is -0.324. The van der Waals surface area contributed by atoms with E-state index in [1.54, 1.807) is 6.92 Å². The molecular weight excluding hydrogens is 298 g/mol. The van der Waals surface area contributed by atoms with Crippen LogP contribution >= 0.6 is 11.3 Å². The number of carbonyl (C=O) groups is 1. The monoisotopic (exact) mass is 315 g/mol. The number of nitrogens with zero attached hydrogens (tertiary/aromatic N) is 1. The molecule has 6 heteroatoms. The number of benzene rings is 1. The fourth-order valence-corrected chi connectivity index (χ4v) is 3.37. The second-order valence-corrected chi connectivity index (χ2v) is 6.15. The summed E-state index contributed by atoms with van der Waals surface area (Å²) in [7, 11) is 0. The van der Waals surface area contributed by atoms with Crippen LogP contribution in [0.5, 0.6) is 0 Å². The van der Waals surface area contributed by atoms with Gasteiger partial charge >= 0.3 is 5.97 Å². The molecule has 2 heterocycles. The summed E-state index contributed by atoms with van der Waals surface area (Å²) in [5, 5.41) is 1.80. The number of thiazole rings is 1. The van der Waals surface area contributed by atoms with Crippen molar-refractivity contribution in [2.75, 3.05) is 12.3 Å². The van der Waals surface area contributed by atoms with Crippen LogP contribution in [0, 0.1) is 13.8 Å². The number of H-pyrrole nitrogens is 1. The third-order valence-corrected chi connectivity index (χ3v) is 4.56. The van der Waals surface area contributed by atoms with Gasteiger partial charge in [-0.3, -0.25) is 0 Å². The highest BCUT2D eigenvalue weighted by molar-refractivity contribution is 7.17. The molecule has 0 unspecified atom stereocenters. The summed E-state index contributed by atoms with van der Waals surface area (Å²) in [6, 6.07) is 6.00. The summed E-state index contributed by atoms with van der Waals surface area (Å²) in [6.07, 6.45) is 0. The molecule has 0 aliphatic heterocycles. The predicted octanol–water partition coefficient (Wildman–Crippen LogP) is 3.67. The molecule has 0 aliphatic carbocycles. The van der Waals surface area contributed by atoms with Crippen LogP contribution in [-0.2, 0) is 4.74 Å². The smallest absolute Gasteiger partial charge is 0.350 e. The molecule has 0 saturated carbocycles. The van der Waals surface area contributed by atoms with Crippen molar-refractivity contribution in [3.8, 4) is 10.7 Å². The number of fused-ring (bicyclic) bond motifs is 1. The standard InChI is InChI=1S/C16H17N3O2S/c1-4-21-16(20)14-9(3)18-15(22-14)12-7-10-5-8(2)6-11(17)13(10)19-12/h5-7,19H,4,17H2,1-3H3. The maximum atomic E-state index is 11.9. The highest BCUT2D eigenvalue weighted by Crippen LogP contribution is 2.32. The first-order valence-electron chi connectivity index (χ1n) is 7.03. The van der Waals surface area contributed by atoms with Gasteiger partial charge in [0, 0.05) is 5.39 Å². The number of anilines is 1. The van der Waals surface area contributed by atoms with E-state index in [0.717, 1.165) is 27.2 Å². The fraction of sp³-hybridized carbons (Fsp3) is 0.250. The number of carbonyl (C=O) groups excluding carboxylic acids is 1. The summed E-state index contributed by atoms with van der Waals surface area (Å²) in [5.74, 6) is -0.324. The molecule has 0 fully saturated rings. The van der Waals surface area contributed by atoms with Crippen LogP contribution < -0.4 is 5.73 Å². The van der Waals surface area contributed by atoms with Crippen molar-refractivity contribution in [2.24, 2.45) is 0 Å². The average Bonchev–Trinajstić information content (AvgIpc) is 3.02. The van der Waals surface area contributed by atoms with Crippen LogP contribution in [0.25, 0.3) is 21.6 Å². The summed E-state index contributed by atoms with van der Waals surface area (Å²) in [4.78, 5) is 20.2. The first kappa shape index (κ1) is 14.6. The highest BCUT2D eigenvalue weighted by Gasteiger charge is 2.18. The molecule has 0 aliphatic rings. The van der Waals surface area contributed by atoms with E-state index in [1.807, 2.05) is 26.0 Å². The van der Waals surface area contributed by atoms with Crippen molar-refractivity contribution in [2.45, 2.75) is 20.8 Å². The number of aromatic amines is 1. The van der Waals surface area contributed by atoms with Gasteiger partial charge in [-0.1, -0.05) is 0 Å². The van der Waals surface area contributed by atoms with Crippen LogP contribution in [0.15, 0.2) is 18.2 Å². The van der Waals surface area contributed by atoms with Gasteiger partial charge in [0.25, 0.3) is 0 Å². The van der Waals surface area contributed by atoms with E-state index in [-0.39, 0.29) is 5.97 Å². The molecule has 2 aromatic heterocycles. The van der Waals surface area contributed by atoms with E-state index < -0.39 is 0 Å². The van der Waals surface area contributed by atoms with Crippen LogP contribution in [0.4, 0.5) is 5.69 Å². The number of hydrogen-bond donors (Lipinski definition) is 2. The van der Waals surface area contributed by atoms with Crippen molar-refractivity contribution in [1.29, 1.82) is 0 Å². The normalized spacial score (nSPS) is 11.0. The summed E-state index contributed by atoms with van der Waals surface area (Å²) in [5.41, 5.74) is 10.3. The van der Waals surface area contributed by atoms with Gasteiger partial charge in [-0.2, -0.15) is 0 Å². The first-order chi connectivity index (χ1) is 10.5. The summed E-state index contributed by atoms with van der Waals surface area (Å²) < 4.78 is 5.05. The Morgan fingerprint density at radius 3 is 2.86 bits per heavy atom. The molecule has 0 atom stereocenters. The second kappa shape index (κ2) is 5.46. The van der Waals surface area contributed by atoms with E-state index >= 15 is 0 Å². The van der Waals surface area contributed by atoms with Gasteiger partial charge in [0.15, 0.2) is 0 Å². The van der Waals surface area contributed by atoms with E-state index in [1.165, 1.54) is 11.3 Å². The third-order valence-electron chi connectivity index (χ3n) is 3.39. The van der Waals surface area contributed by atoms with Gasteiger partial charge in [-0.05, 0) is 44.5 Å². The van der Waals surface area contributed by atoms with Gasteiger partial charge in [0.1, 0.15) is 9.88 Å². The predicted molar refractivity (Wildman–Crippen MR) is 89.2 cm³/mol. The van der Waals surface area contributed by atoms with Crippen LogP contribution in [0.3, 0.4) is 0 Å². The molecule has 0 saturated heterocycles. The maximum Gasteiger partial charge on any atom is 0.350 e. The van der Waals surface area contributed by atoms with Gasteiger partial charge in [-0.15, -0.1) is 11.3 Å². The van der Waals surface area contributed by atoms with Crippen molar-refractivity contribution < 1.29 is 9.53 Å². The Morgan fingerprint density at radius 1 is 1.36 bits per heavy atom. The number of rotatable bonds is 3. The molecule has 3 aromatic rings. The Bertz CT molecular complexity index is 864. The maximum absolute atomic E-state index is 11.9. The minimum absolute atomic E-state index is 0.324. The topological polar surface area (TPSA) is 81.0 Å². The highest BCUT2D eigenvalue weighted by atomic mass is 32.1. The number of nitrogens with two attached hydrogens (primary N) is 1. The number of hydrogen-bond acceptors (Lipinski definition) is 5. The van der Waals surface area contributed by atoms with Gasteiger partial charge in [0.2, 0.25) is 0 Å². The number of aryl methyl sites for hydroxylation is 2. The molecule has 1 aromatic carbocycles. The molecule has 114 valence electrons. The number of nitrogen functional groups attached to an aromatic ring is 1. The lowest BCUT2D eigenvalue weighted by atomic mass is 10.1.